The van der Waals surface area contributed by atoms with Crippen LogP contribution in [0.2, 0.25) is 0 Å². The molecule has 2 aromatic rings. The minimum Gasteiger partial charge on any atom is -0.496 e. The average Bonchev–Trinajstić information content (AvgIpc) is 2.92. The molecular weight excluding hydrogens is 230 g/mol. The van der Waals surface area contributed by atoms with Gasteiger partial charge >= 0.3 is 0 Å². The SMILES string of the molecule is COc1cccc2ncn(C3CCCN3)c(=O)c12. The Balaban J connectivity index is 2.24. The molecule has 1 aliphatic heterocycles. The van der Waals surface area contributed by atoms with E-state index in [0.29, 0.717) is 16.7 Å². The van der Waals surface area contributed by atoms with E-state index in [9.17, 15) is 4.79 Å². The Morgan fingerprint density at radius 1 is 1.50 bits per heavy atom. The summed E-state index contributed by atoms with van der Waals surface area (Å²) in [5.41, 5.74) is 0.630. The summed E-state index contributed by atoms with van der Waals surface area (Å²) in [6.45, 7) is 0.946. The zero-order chi connectivity index (χ0) is 12.5. The fourth-order valence-electron chi connectivity index (χ4n) is 2.44. The van der Waals surface area contributed by atoms with Crippen LogP contribution in [0.4, 0.5) is 0 Å². The lowest BCUT2D eigenvalue weighted by Gasteiger charge is -2.14. The molecule has 5 nitrogen and oxygen atoms in total. The van der Waals surface area contributed by atoms with Crippen molar-refractivity contribution >= 4 is 10.9 Å². The monoisotopic (exact) mass is 245 g/mol. The molecular formula is C13H15N3O2. The van der Waals surface area contributed by atoms with Crippen LogP contribution in [0.5, 0.6) is 5.75 Å². The Hall–Kier alpha value is -1.88. The summed E-state index contributed by atoms with van der Waals surface area (Å²) in [7, 11) is 1.57. The molecule has 2 heterocycles. The largest absolute Gasteiger partial charge is 0.496 e. The number of nitrogens with zero attached hydrogens (tertiary/aromatic N) is 2. The lowest BCUT2D eigenvalue weighted by Crippen LogP contribution is -2.30. The number of methoxy groups -OCH3 is 1. The standard InChI is InChI=1S/C13H15N3O2/c1-18-10-5-2-4-9-12(10)13(17)16(8-15-9)11-6-3-7-14-11/h2,4-5,8,11,14H,3,6-7H2,1H3. The zero-order valence-corrected chi connectivity index (χ0v) is 10.2. The molecule has 0 radical (unpaired) electrons. The van der Waals surface area contributed by atoms with Gasteiger partial charge in [0.15, 0.2) is 0 Å². The Labute approximate surface area is 104 Å². The molecule has 0 saturated carbocycles. The summed E-state index contributed by atoms with van der Waals surface area (Å²) in [5, 5.41) is 3.85. The third kappa shape index (κ3) is 1.67. The Morgan fingerprint density at radius 2 is 2.39 bits per heavy atom. The van der Waals surface area contributed by atoms with Gasteiger partial charge in [-0.25, -0.2) is 4.98 Å². The van der Waals surface area contributed by atoms with E-state index in [0.717, 1.165) is 19.4 Å². The second-order valence-electron chi connectivity index (χ2n) is 4.42. The van der Waals surface area contributed by atoms with Crippen molar-refractivity contribution < 1.29 is 4.74 Å². The Morgan fingerprint density at radius 3 is 3.11 bits per heavy atom. The highest BCUT2D eigenvalue weighted by Crippen LogP contribution is 2.21. The summed E-state index contributed by atoms with van der Waals surface area (Å²) >= 11 is 0. The maximum absolute atomic E-state index is 12.5. The van der Waals surface area contributed by atoms with E-state index in [1.807, 2.05) is 12.1 Å². The molecule has 0 bridgehead atoms. The molecule has 1 unspecified atom stereocenters. The summed E-state index contributed by atoms with van der Waals surface area (Å²) < 4.78 is 6.92. The molecule has 1 saturated heterocycles. The predicted octanol–water partition coefficient (Wildman–Crippen LogP) is 1.29. The van der Waals surface area contributed by atoms with Gasteiger partial charge in [0.05, 0.1) is 25.1 Å². The van der Waals surface area contributed by atoms with Crippen LogP contribution in [0.3, 0.4) is 0 Å². The van der Waals surface area contributed by atoms with Crippen molar-refractivity contribution in [2.75, 3.05) is 13.7 Å². The second-order valence-corrected chi connectivity index (χ2v) is 4.42. The van der Waals surface area contributed by atoms with Gasteiger partial charge in [0.1, 0.15) is 11.1 Å². The van der Waals surface area contributed by atoms with E-state index in [1.165, 1.54) is 0 Å². The normalized spacial score (nSPS) is 19.3. The summed E-state index contributed by atoms with van der Waals surface area (Å²) in [6, 6.07) is 5.45. The quantitative estimate of drug-likeness (QED) is 0.866. The van der Waals surface area contributed by atoms with Crippen molar-refractivity contribution in [1.82, 2.24) is 14.9 Å². The minimum atomic E-state index is -0.0446. The van der Waals surface area contributed by atoms with Gasteiger partial charge in [-0.2, -0.15) is 0 Å². The summed E-state index contributed by atoms with van der Waals surface area (Å²) in [6.07, 6.45) is 3.72. The van der Waals surface area contributed by atoms with Gasteiger partial charge in [-0.1, -0.05) is 6.07 Å². The highest BCUT2D eigenvalue weighted by molar-refractivity contribution is 5.83. The molecule has 1 aromatic carbocycles. The van der Waals surface area contributed by atoms with Crippen molar-refractivity contribution in [2.24, 2.45) is 0 Å². The smallest absolute Gasteiger partial charge is 0.266 e. The van der Waals surface area contributed by atoms with E-state index in [-0.39, 0.29) is 11.7 Å². The summed E-state index contributed by atoms with van der Waals surface area (Å²) in [5.74, 6) is 0.581. The molecule has 1 fully saturated rings. The number of hydrogen-bond donors (Lipinski definition) is 1. The van der Waals surface area contributed by atoms with Gasteiger partial charge in [-0.15, -0.1) is 0 Å². The van der Waals surface area contributed by atoms with Gasteiger partial charge < -0.3 is 4.74 Å². The molecule has 1 aromatic heterocycles. The molecule has 5 heteroatoms. The molecule has 0 amide bonds. The molecule has 0 aliphatic carbocycles. The van der Waals surface area contributed by atoms with Crippen LogP contribution < -0.4 is 15.6 Å². The second kappa shape index (κ2) is 4.42. The van der Waals surface area contributed by atoms with Gasteiger partial charge in [0.2, 0.25) is 0 Å². The topological polar surface area (TPSA) is 56.1 Å². The van der Waals surface area contributed by atoms with Crippen molar-refractivity contribution in [2.45, 2.75) is 19.0 Å². The van der Waals surface area contributed by atoms with E-state index in [2.05, 4.69) is 10.3 Å². The molecule has 1 aliphatic rings. The first kappa shape index (κ1) is 11.2. The number of aromatic nitrogens is 2. The van der Waals surface area contributed by atoms with Gasteiger partial charge in [-0.05, 0) is 31.5 Å². The molecule has 3 rings (SSSR count). The lowest BCUT2D eigenvalue weighted by molar-refractivity contribution is 0.416. The maximum Gasteiger partial charge on any atom is 0.266 e. The first-order valence-corrected chi connectivity index (χ1v) is 6.08. The van der Waals surface area contributed by atoms with E-state index < -0.39 is 0 Å². The maximum atomic E-state index is 12.5. The number of fused-ring (bicyclic) bond motifs is 1. The number of hydrogen-bond acceptors (Lipinski definition) is 4. The minimum absolute atomic E-state index is 0.0446. The fraction of sp³-hybridized carbons (Fsp3) is 0.385. The Kier molecular flexibility index (Phi) is 2.76. The average molecular weight is 245 g/mol. The highest BCUT2D eigenvalue weighted by Gasteiger charge is 2.19. The van der Waals surface area contributed by atoms with Crippen LogP contribution in [0.15, 0.2) is 29.3 Å². The van der Waals surface area contributed by atoms with Crippen molar-refractivity contribution in [1.29, 1.82) is 0 Å². The van der Waals surface area contributed by atoms with Crippen LogP contribution in [-0.4, -0.2) is 23.2 Å². The number of benzene rings is 1. The third-order valence-corrected chi connectivity index (χ3v) is 3.36. The van der Waals surface area contributed by atoms with Gasteiger partial charge in [-0.3, -0.25) is 14.7 Å². The van der Waals surface area contributed by atoms with E-state index in [1.54, 1.807) is 24.1 Å². The van der Waals surface area contributed by atoms with Gasteiger partial charge in [0, 0.05) is 0 Å². The highest BCUT2D eigenvalue weighted by atomic mass is 16.5. The molecule has 1 N–H and O–H groups in total. The van der Waals surface area contributed by atoms with Crippen molar-refractivity contribution in [3.63, 3.8) is 0 Å². The molecule has 1 atom stereocenters. The predicted molar refractivity (Wildman–Crippen MR) is 68.8 cm³/mol. The molecule has 18 heavy (non-hydrogen) atoms. The van der Waals surface area contributed by atoms with Crippen LogP contribution in [0, 0.1) is 0 Å². The molecule has 0 spiro atoms. The fourth-order valence-corrected chi connectivity index (χ4v) is 2.44. The first-order valence-electron chi connectivity index (χ1n) is 6.08. The zero-order valence-electron chi connectivity index (χ0n) is 10.2. The van der Waals surface area contributed by atoms with Crippen LogP contribution in [-0.2, 0) is 0 Å². The van der Waals surface area contributed by atoms with E-state index >= 15 is 0 Å². The Bertz CT molecular complexity index is 630. The van der Waals surface area contributed by atoms with Crippen LogP contribution >= 0.6 is 0 Å². The van der Waals surface area contributed by atoms with Crippen LogP contribution in [0.25, 0.3) is 10.9 Å². The van der Waals surface area contributed by atoms with Crippen molar-refractivity contribution in [3.05, 3.63) is 34.9 Å². The first-order chi connectivity index (χ1) is 8.81. The van der Waals surface area contributed by atoms with Crippen LogP contribution in [0.1, 0.15) is 19.0 Å². The van der Waals surface area contributed by atoms with E-state index in [4.69, 9.17) is 4.74 Å². The summed E-state index contributed by atoms with van der Waals surface area (Å²) in [4.78, 5) is 16.8. The lowest BCUT2D eigenvalue weighted by atomic mass is 10.2. The number of nitrogens with one attached hydrogen (secondary N) is 1. The third-order valence-electron chi connectivity index (χ3n) is 3.36. The van der Waals surface area contributed by atoms with Crippen molar-refractivity contribution in [3.8, 4) is 5.75 Å². The number of ether oxygens (including phenoxy) is 1. The molecule has 94 valence electrons. The number of rotatable bonds is 2. The van der Waals surface area contributed by atoms with Gasteiger partial charge in [0.25, 0.3) is 5.56 Å².